The Morgan fingerprint density at radius 2 is 1.83 bits per heavy atom. The summed E-state index contributed by atoms with van der Waals surface area (Å²) in [7, 11) is -2.16. The first kappa shape index (κ1) is 18.0. The number of ether oxygens (including phenoxy) is 1. The predicted octanol–water partition coefficient (Wildman–Crippen LogP) is 1.79. The van der Waals surface area contributed by atoms with E-state index in [1.807, 2.05) is 31.2 Å². The largest absolute Gasteiger partial charge is 0.492 e. The third-order valence-electron chi connectivity index (χ3n) is 3.51. The van der Waals surface area contributed by atoms with Crippen molar-refractivity contribution in [2.75, 3.05) is 20.2 Å². The van der Waals surface area contributed by atoms with Gasteiger partial charge in [-0.2, -0.15) is 4.31 Å². The molecule has 0 saturated heterocycles. The van der Waals surface area contributed by atoms with Crippen LogP contribution < -0.4 is 10.5 Å². The lowest BCUT2D eigenvalue weighted by molar-refractivity contribution is 0.1000. The molecule has 0 bridgehead atoms. The van der Waals surface area contributed by atoms with E-state index >= 15 is 0 Å². The lowest BCUT2D eigenvalue weighted by Crippen LogP contribution is -2.31. The number of nitrogens with zero attached hydrogens (tertiary/aromatic N) is 1. The molecule has 2 N–H and O–H groups in total. The zero-order valence-corrected chi connectivity index (χ0v) is 14.4. The van der Waals surface area contributed by atoms with Gasteiger partial charge in [-0.15, -0.1) is 0 Å². The average Bonchev–Trinajstić information content (AvgIpc) is 2.55. The summed E-state index contributed by atoms with van der Waals surface area (Å²) in [6, 6.07) is 13.1. The molecule has 24 heavy (non-hydrogen) atoms. The molecule has 0 aliphatic carbocycles. The Bertz CT molecular complexity index is 817. The predicted molar refractivity (Wildman–Crippen MR) is 91.4 cm³/mol. The molecule has 0 aromatic heterocycles. The number of sulfonamides is 1. The van der Waals surface area contributed by atoms with Gasteiger partial charge in [0.15, 0.2) is 0 Å². The first-order chi connectivity index (χ1) is 11.3. The number of primary amides is 1. The summed E-state index contributed by atoms with van der Waals surface area (Å²) in [5.41, 5.74) is 6.48. The number of amides is 1. The van der Waals surface area contributed by atoms with Crippen molar-refractivity contribution in [2.45, 2.75) is 11.8 Å². The summed E-state index contributed by atoms with van der Waals surface area (Å²) >= 11 is 0. The van der Waals surface area contributed by atoms with Gasteiger partial charge in [0, 0.05) is 19.2 Å². The highest BCUT2D eigenvalue weighted by Crippen LogP contribution is 2.16. The lowest BCUT2D eigenvalue weighted by Gasteiger charge is -2.17. The van der Waals surface area contributed by atoms with Gasteiger partial charge in [-0.1, -0.05) is 12.1 Å². The molecule has 7 heteroatoms. The summed E-state index contributed by atoms with van der Waals surface area (Å²) in [5.74, 6) is 0.102. The van der Waals surface area contributed by atoms with Crippen molar-refractivity contribution in [1.82, 2.24) is 4.31 Å². The highest BCUT2D eigenvalue weighted by atomic mass is 32.2. The first-order valence-electron chi connectivity index (χ1n) is 7.36. The van der Waals surface area contributed by atoms with E-state index in [0.717, 1.165) is 5.56 Å². The SMILES string of the molecule is Cc1cccc(OCCN(C)S(=O)(=O)c2ccc(C(N)=O)cc2)c1. The van der Waals surface area contributed by atoms with Crippen LogP contribution in [0.1, 0.15) is 15.9 Å². The van der Waals surface area contributed by atoms with Crippen LogP contribution in [0.5, 0.6) is 5.75 Å². The van der Waals surface area contributed by atoms with Crippen LogP contribution in [0.15, 0.2) is 53.4 Å². The minimum absolute atomic E-state index is 0.102. The van der Waals surface area contributed by atoms with Crippen LogP contribution in [0.3, 0.4) is 0 Å². The third-order valence-corrected chi connectivity index (χ3v) is 5.38. The number of benzene rings is 2. The van der Waals surface area contributed by atoms with Gasteiger partial charge in [-0.05, 0) is 48.9 Å². The molecule has 1 amide bonds. The molecule has 0 saturated carbocycles. The number of carbonyl (C=O) groups is 1. The Hall–Kier alpha value is -2.38. The molecule has 0 aliphatic heterocycles. The average molecular weight is 348 g/mol. The van der Waals surface area contributed by atoms with Crippen molar-refractivity contribution >= 4 is 15.9 Å². The summed E-state index contributed by atoms with van der Waals surface area (Å²) in [6.45, 7) is 2.39. The number of aryl methyl sites for hydroxylation is 1. The van der Waals surface area contributed by atoms with Gasteiger partial charge in [0.2, 0.25) is 15.9 Å². The van der Waals surface area contributed by atoms with Crippen LogP contribution in [-0.2, 0) is 10.0 Å². The van der Waals surface area contributed by atoms with Crippen LogP contribution in [0, 0.1) is 6.92 Å². The molecule has 2 aromatic rings. The van der Waals surface area contributed by atoms with Crippen LogP contribution in [0.2, 0.25) is 0 Å². The van der Waals surface area contributed by atoms with Gasteiger partial charge in [0.25, 0.3) is 0 Å². The second-order valence-electron chi connectivity index (χ2n) is 5.38. The first-order valence-corrected chi connectivity index (χ1v) is 8.80. The number of hydrogen-bond donors (Lipinski definition) is 1. The van der Waals surface area contributed by atoms with Gasteiger partial charge < -0.3 is 10.5 Å². The van der Waals surface area contributed by atoms with Crippen LogP contribution >= 0.6 is 0 Å². The minimum atomic E-state index is -3.64. The highest BCUT2D eigenvalue weighted by Gasteiger charge is 2.20. The molecule has 0 spiro atoms. The zero-order chi connectivity index (χ0) is 17.7. The Morgan fingerprint density at radius 1 is 1.17 bits per heavy atom. The van der Waals surface area contributed by atoms with E-state index in [4.69, 9.17) is 10.5 Å². The van der Waals surface area contributed by atoms with Crippen LogP contribution in [0.4, 0.5) is 0 Å². The molecule has 0 radical (unpaired) electrons. The van der Waals surface area contributed by atoms with Gasteiger partial charge >= 0.3 is 0 Å². The molecule has 0 unspecified atom stereocenters. The van der Waals surface area contributed by atoms with Crippen LogP contribution in [0.25, 0.3) is 0 Å². The van der Waals surface area contributed by atoms with E-state index in [2.05, 4.69) is 0 Å². The number of nitrogens with two attached hydrogens (primary N) is 1. The molecule has 2 aromatic carbocycles. The Morgan fingerprint density at radius 3 is 2.42 bits per heavy atom. The molecule has 0 heterocycles. The maximum atomic E-state index is 12.5. The minimum Gasteiger partial charge on any atom is -0.492 e. The van der Waals surface area contributed by atoms with Gasteiger partial charge in [0.05, 0.1) is 4.90 Å². The summed E-state index contributed by atoms with van der Waals surface area (Å²) < 4.78 is 31.7. The summed E-state index contributed by atoms with van der Waals surface area (Å²) in [6.07, 6.45) is 0. The second-order valence-corrected chi connectivity index (χ2v) is 7.43. The third kappa shape index (κ3) is 4.33. The van der Waals surface area contributed by atoms with Crippen molar-refractivity contribution in [3.8, 4) is 5.75 Å². The van der Waals surface area contributed by atoms with E-state index in [9.17, 15) is 13.2 Å². The number of carbonyl (C=O) groups excluding carboxylic acids is 1. The quantitative estimate of drug-likeness (QED) is 0.826. The molecule has 128 valence electrons. The van der Waals surface area contributed by atoms with Gasteiger partial charge in [0.1, 0.15) is 12.4 Å². The smallest absolute Gasteiger partial charge is 0.248 e. The second kappa shape index (κ2) is 7.46. The number of hydrogen-bond acceptors (Lipinski definition) is 4. The van der Waals surface area contributed by atoms with Crippen molar-refractivity contribution in [2.24, 2.45) is 5.73 Å². The Balaban J connectivity index is 1.99. The van der Waals surface area contributed by atoms with Crippen molar-refractivity contribution < 1.29 is 17.9 Å². The number of likely N-dealkylation sites (N-methyl/N-ethyl adjacent to an activating group) is 1. The summed E-state index contributed by atoms with van der Waals surface area (Å²) in [4.78, 5) is 11.1. The fraction of sp³-hybridized carbons (Fsp3) is 0.235. The Labute approximate surface area is 141 Å². The standard InChI is InChI=1S/C17H20N2O4S/c1-13-4-3-5-15(12-13)23-11-10-19(2)24(21,22)16-8-6-14(7-9-16)17(18)20/h3-9,12H,10-11H2,1-2H3,(H2,18,20). The van der Waals surface area contributed by atoms with E-state index in [1.54, 1.807) is 0 Å². The van der Waals surface area contributed by atoms with Crippen LogP contribution in [-0.4, -0.2) is 38.8 Å². The molecule has 6 nitrogen and oxygen atoms in total. The fourth-order valence-corrected chi connectivity index (χ4v) is 3.24. The molecule has 0 aliphatic rings. The maximum absolute atomic E-state index is 12.5. The molecule has 2 rings (SSSR count). The lowest BCUT2D eigenvalue weighted by atomic mass is 10.2. The van der Waals surface area contributed by atoms with Crippen molar-refractivity contribution in [3.05, 3.63) is 59.7 Å². The maximum Gasteiger partial charge on any atom is 0.248 e. The zero-order valence-electron chi connectivity index (χ0n) is 13.6. The van der Waals surface area contributed by atoms with Crippen molar-refractivity contribution in [3.63, 3.8) is 0 Å². The number of rotatable bonds is 7. The monoisotopic (exact) mass is 348 g/mol. The summed E-state index contributed by atoms with van der Waals surface area (Å²) in [5, 5.41) is 0. The van der Waals surface area contributed by atoms with Crippen molar-refractivity contribution in [1.29, 1.82) is 0 Å². The molecule has 0 atom stereocenters. The Kier molecular flexibility index (Phi) is 5.58. The van der Waals surface area contributed by atoms with E-state index in [0.29, 0.717) is 5.75 Å². The van der Waals surface area contributed by atoms with E-state index in [-0.39, 0.29) is 23.6 Å². The highest BCUT2D eigenvalue weighted by molar-refractivity contribution is 7.89. The van der Waals surface area contributed by atoms with E-state index in [1.165, 1.54) is 35.6 Å². The van der Waals surface area contributed by atoms with Gasteiger partial charge in [-0.3, -0.25) is 4.79 Å². The van der Waals surface area contributed by atoms with E-state index < -0.39 is 15.9 Å². The normalized spacial score (nSPS) is 11.5. The fourth-order valence-electron chi connectivity index (χ4n) is 2.09. The van der Waals surface area contributed by atoms with Gasteiger partial charge in [-0.25, -0.2) is 8.42 Å². The molecular weight excluding hydrogens is 328 g/mol. The topological polar surface area (TPSA) is 89.7 Å². The molecular formula is C17H20N2O4S. The molecule has 0 fully saturated rings.